The van der Waals surface area contributed by atoms with Gasteiger partial charge in [-0.1, -0.05) is 12.1 Å². The molecule has 1 atom stereocenters. The van der Waals surface area contributed by atoms with Crippen LogP contribution in [0.1, 0.15) is 37.5 Å². The summed E-state index contributed by atoms with van der Waals surface area (Å²) >= 11 is 0. The first kappa shape index (κ1) is 17.1. The van der Waals surface area contributed by atoms with Crippen molar-refractivity contribution in [3.8, 4) is 0 Å². The van der Waals surface area contributed by atoms with E-state index in [-0.39, 0.29) is 11.9 Å². The molecule has 0 spiro atoms. The highest BCUT2D eigenvalue weighted by atomic mass is 19.1. The number of ether oxygens (including phenoxy) is 1. The van der Waals surface area contributed by atoms with Crippen molar-refractivity contribution >= 4 is 0 Å². The van der Waals surface area contributed by atoms with Gasteiger partial charge in [-0.25, -0.2) is 4.39 Å². The van der Waals surface area contributed by atoms with Crippen LogP contribution in [0.4, 0.5) is 4.39 Å². The molecule has 1 unspecified atom stereocenters. The quantitative estimate of drug-likeness (QED) is 0.796. The molecule has 114 valence electrons. The van der Waals surface area contributed by atoms with Gasteiger partial charge in [-0.3, -0.25) is 0 Å². The molecule has 0 aromatic heterocycles. The van der Waals surface area contributed by atoms with Gasteiger partial charge < -0.3 is 14.7 Å². The zero-order chi connectivity index (χ0) is 15.1. The lowest BCUT2D eigenvalue weighted by Gasteiger charge is -2.19. The van der Waals surface area contributed by atoms with Gasteiger partial charge in [0.1, 0.15) is 5.82 Å². The highest BCUT2D eigenvalue weighted by Crippen LogP contribution is 2.19. The van der Waals surface area contributed by atoms with Gasteiger partial charge in [0, 0.05) is 13.1 Å². The number of hydrogen-bond donors (Lipinski definition) is 1. The summed E-state index contributed by atoms with van der Waals surface area (Å²) in [5.41, 5.74) is 1.24. The molecule has 1 aromatic rings. The van der Waals surface area contributed by atoms with Crippen LogP contribution in [0.2, 0.25) is 0 Å². The highest BCUT2D eigenvalue weighted by Gasteiger charge is 2.11. The average Bonchev–Trinajstić information content (AvgIpc) is 2.38. The number of rotatable bonds is 8. The van der Waals surface area contributed by atoms with Crippen LogP contribution in [0.3, 0.4) is 0 Å². The maximum absolute atomic E-state index is 13.4. The minimum absolute atomic E-state index is 0.240. The predicted molar refractivity (Wildman–Crippen MR) is 79.3 cm³/mol. The fraction of sp³-hybridized carbons (Fsp3) is 0.625. The smallest absolute Gasteiger partial charge is 0.126 e. The molecule has 0 radical (unpaired) electrons. The van der Waals surface area contributed by atoms with E-state index in [4.69, 9.17) is 4.74 Å². The number of hydrogen-bond acceptors (Lipinski definition) is 3. The van der Waals surface area contributed by atoms with E-state index in [2.05, 4.69) is 4.90 Å². The van der Waals surface area contributed by atoms with E-state index in [0.29, 0.717) is 24.2 Å². The van der Waals surface area contributed by atoms with Crippen molar-refractivity contribution in [3.63, 3.8) is 0 Å². The number of aryl methyl sites for hydroxylation is 1. The number of aliphatic hydroxyl groups excluding tert-OH is 1. The zero-order valence-corrected chi connectivity index (χ0v) is 12.9. The molecule has 0 aliphatic heterocycles. The maximum Gasteiger partial charge on any atom is 0.126 e. The topological polar surface area (TPSA) is 32.7 Å². The number of aliphatic hydroxyl groups is 1. The van der Waals surface area contributed by atoms with Crippen LogP contribution in [0, 0.1) is 12.7 Å². The van der Waals surface area contributed by atoms with Crippen LogP contribution in [0.15, 0.2) is 18.2 Å². The first-order chi connectivity index (χ1) is 9.40. The van der Waals surface area contributed by atoms with Crippen molar-refractivity contribution in [3.05, 3.63) is 35.1 Å². The molecule has 1 N–H and O–H groups in total. The second-order valence-corrected chi connectivity index (χ2v) is 5.54. The molecule has 3 nitrogen and oxygen atoms in total. The van der Waals surface area contributed by atoms with E-state index < -0.39 is 6.10 Å². The van der Waals surface area contributed by atoms with Crippen LogP contribution in [0.25, 0.3) is 0 Å². The van der Waals surface area contributed by atoms with Gasteiger partial charge in [0.05, 0.1) is 18.8 Å². The van der Waals surface area contributed by atoms with Crippen molar-refractivity contribution < 1.29 is 14.2 Å². The first-order valence-electron chi connectivity index (χ1n) is 7.14. The maximum atomic E-state index is 13.4. The molecule has 0 heterocycles. The molecular formula is C16H26FNO2. The van der Waals surface area contributed by atoms with Gasteiger partial charge in [0.2, 0.25) is 0 Å². The second-order valence-electron chi connectivity index (χ2n) is 5.54. The summed E-state index contributed by atoms with van der Waals surface area (Å²) < 4.78 is 18.9. The Hall–Kier alpha value is -0.970. The summed E-state index contributed by atoms with van der Waals surface area (Å²) in [6.45, 7) is 7.99. The largest absolute Gasteiger partial charge is 0.388 e. The molecule has 0 fully saturated rings. The van der Waals surface area contributed by atoms with Crippen LogP contribution >= 0.6 is 0 Å². The van der Waals surface area contributed by atoms with Crippen LogP contribution in [0.5, 0.6) is 0 Å². The number of benzene rings is 1. The van der Waals surface area contributed by atoms with Crippen molar-refractivity contribution in [2.45, 2.75) is 39.4 Å². The van der Waals surface area contributed by atoms with Crippen molar-refractivity contribution in [2.75, 3.05) is 26.7 Å². The summed E-state index contributed by atoms with van der Waals surface area (Å²) in [6.07, 6.45) is 0.198. The van der Waals surface area contributed by atoms with Crippen molar-refractivity contribution in [1.29, 1.82) is 0 Å². The van der Waals surface area contributed by atoms with Crippen molar-refractivity contribution in [2.24, 2.45) is 0 Å². The average molecular weight is 283 g/mol. The molecule has 0 amide bonds. The Kier molecular flexibility index (Phi) is 7.13. The molecule has 0 aliphatic rings. The lowest BCUT2D eigenvalue weighted by Crippen LogP contribution is -2.26. The lowest BCUT2D eigenvalue weighted by atomic mass is 10.0. The molecule has 0 saturated heterocycles. The van der Waals surface area contributed by atoms with Crippen LogP contribution < -0.4 is 0 Å². The fourth-order valence-electron chi connectivity index (χ4n) is 1.88. The van der Waals surface area contributed by atoms with E-state index in [9.17, 15) is 9.50 Å². The summed E-state index contributed by atoms with van der Waals surface area (Å²) in [4.78, 5) is 2.11. The Morgan fingerprint density at radius 2 is 2.00 bits per heavy atom. The van der Waals surface area contributed by atoms with Gasteiger partial charge >= 0.3 is 0 Å². The number of likely N-dealkylation sites (N-methyl/N-ethyl adjacent to an activating group) is 1. The monoisotopic (exact) mass is 283 g/mol. The molecule has 20 heavy (non-hydrogen) atoms. The van der Waals surface area contributed by atoms with E-state index in [1.54, 1.807) is 19.1 Å². The number of nitrogens with zero attached hydrogens (tertiary/aromatic N) is 1. The Bertz CT molecular complexity index is 409. The third-order valence-corrected chi connectivity index (χ3v) is 3.29. The SMILES string of the molecule is Cc1ccc(C(O)CCN(C)CCOC(C)C)cc1F. The molecule has 0 aliphatic carbocycles. The molecule has 0 saturated carbocycles. The molecule has 0 bridgehead atoms. The van der Waals surface area contributed by atoms with E-state index in [0.717, 1.165) is 13.1 Å². The van der Waals surface area contributed by atoms with Gasteiger partial charge in [-0.05, 0) is 51.4 Å². The Labute approximate surface area is 121 Å². The predicted octanol–water partition coefficient (Wildman–Crippen LogP) is 2.91. The van der Waals surface area contributed by atoms with Gasteiger partial charge in [0.15, 0.2) is 0 Å². The van der Waals surface area contributed by atoms with E-state index in [1.165, 1.54) is 6.07 Å². The third-order valence-electron chi connectivity index (χ3n) is 3.29. The second kappa shape index (κ2) is 8.35. The summed E-state index contributed by atoms with van der Waals surface area (Å²) in [7, 11) is 1.99. The van der Waals surface area contributed by atoms with Gasteiger partial charge in [0.25, 0.3) is 0 Å². The lowest BCUT2D eigenvalue weighted by molar-refractivity contribution is 0.0601. The standard InChI is InChI=1S/C16H26FNO2/c1-12(2)20-10-9-18(4)8-7-16(19)14-6-5-13(3)15(17)11-14/h5-6,11-12,16,19H,7-10H2,1-4H3. The molecule has 1 rings (SSSR count). The normalized spacial score (nSPS) is 13.2. The van der Waals surface area contributed by atoms with Crippen molar-refractivity contribution in [1.82, 2.24) is 4.90 Å². The summed E-state index contributed by atoms with van der Waals surface area (Å²) in [5, 5.41) is 10.1. The minimum atomic E-state index is -0.626. The zero-order valence-electron chi connectivity index (χ0n) is 12.9. The summed E-state index contributed by atoms with van der Waals surface area (Å²) in [6, 6.07) is 4.90. The Balaban J connectivity index is 2.34. The molecule has 4 heteroatoms. The minimum Gasteiger partial charge on any atom is -0.388 e. The van der Waals surface area contributed by atoms with E-state index >= 15 is 0 Å². The summed E-state index contributed by atoms with van der Waals surface area (Å²) in [5.74, 6) is -0.264. The number of halogens is 1. The first-order valence-corrected chi connectivity index (χ1v) is 7.14. The molecule has 1 aromatic carbocycles. The Morgan fingerprint density at radius 3 is 2.60 bits per heavy atom. The van der Waals surface area contributed by atoms with Gasteiger partial charge in [-0.2, -0.15) is 0 Å². The van der Waals surface area contributed by atoms with Crippen LogP contribution in [-0.2, 0) is 4.74 Å². The highest BCUT2D eigenvalue weighted by molar-refractivity contribution is 5.24. The fourth-order valence-corrected chi connectivity index (χ4v) is 1.88. The van der Waals surface area contributed by atoms with Gasteiger partial charge in [-0.15, -0.1) is 0 Å². The van der Waals surface area contributed by atoms with E-state index in [1.807, 2.05) is 20.9 Å². The Morgan fingerprint density at radius 1 is 1.30 bits per heavy atom. The van der Waals surface area contributed by atoms with Crippen LogP contribution in [-0.4, -0.2) is 42.9 Å². The molecular weight excluding hydrogens is 257 g/mol. The third kappa shape index (κ3) is 5.99.